The Morgan fingerprint density at radius 3 is 2.74 bits per heavy atom. The predicted octanol–water partition coefficient (Wildman–Crippen LogP) is 2.95. The summed E-state index contributed by atoms with van der Waals surface area (Å²) in [6.45, 7) is 4.03. The van der Waals surface area contributed by atoms with Gasteiger partial charge in [-0.15, -0.1) is 0 Å². The number of nitrogens with one attached hydrogen (secondary N) is 2. The van der Waals surface area contributed by atoms with Crippen LogP contribution < -0.4 is 16.4 Å². The molecule has 228 valence electrons. The zero-order chi connectivity index (χ0) is 29.6. The number of aliphatic hydroxyl groups is 1. The Morgan fingerprint density at radius 1 is 1.26 bits per heavy atom. The van der Waals surface area contributed by atoms with Gasteiger partial charge in [0.25, 0.3) is 0 Å². The van der Waals surface area contributed by atoms with Crippen LogP contribution >= 0.6 is 0 Å². The molecular weight excluding hydrogens is 547 g/mol. The quantitative estimate of drug-likeness (QED) is 0.232. The van der Waals surface area contributed by atoms with Crippen molar-refractivity contribution in [3.8, 4) is 0 Å². The second-order valence-corrected chi connectivity index (χ2v) is 12.3. The lowest BCUT2D eigenvalue weighted by molar-refractivity contribution is -0.146. The molecule has 5 atom stereocenters. The number of hydrogen-bond acceptors (Lipinski definition) is 10. The van der Waals surface area contributed by atoms with Crippen molar-refractivity contribution in [1.82, 2.24) is 29.7 Å². The second-order valence-electron chi connectivity index (χ2n) is 12.3. The summed E-state index contributed by atoms with van der Waals surface area (Å²) in [6, 6.07) is 3.08. The van der Waals surface area contributed by atoms with Gasteiger partial charge < -0.3 is 35.7 Å². The van der Waals surface area contributed by atoms with Gasteiger partial charge in [-0.3, -0.25) is 0 Å². The maximum Gasteiger partial charge on any atom is 0.407 e. The van der Waals surface area contributed by atoms with Gasteiger partial charge in [0.05, 0.1) is 24.0 Å². The molecule has 4 aliphatic rings. The number of nitrogens with zero attached hydrogens (tertiary/aromatic N) is 5. The van der Waals surface area contributed by atoms with Gasteiger partial charge >= 0.3 is 6.09 Å². The van der Waals surface area contributed by atoms with E-state index in [0.717, 1.165) is 30.5 Å². The van der Waals surface area contributed by atoms with Crippen LogP contribution in [0.25, 0.3) is 5.52 Å². The number of alkyl carbamates (subject to hydrolysis) is 1. The second kappa shape index (κ2) is 11.4. The number of methoxy groups -OCH3 is 1. The van der Waals surface area contributed by atoms with Gasteiger partial charge in [0.1, 0.15) is 30.3 Å². The largest absolute Gasteiger partial charge is 0.443 e. The molecule has 4 aliphatic carbocycles. The summed E-state index contributed by atoms with van der Waals surface area (Å²) in [4.78, 5) is 17.0. The topological polar surface area (TPSA) is 163 Å². The van der Waals surface area contributed by atoms with Gasteiger partial charge in [0.2, 0.25) is 0 Å². The molecular formula is C28H39FN8O5. The van der Waals surface area contributed by atoms with Crippen LogP contribution in [0.4, 0.5) is 20.8 Å². The van der Waals surface area contributed by atoms with Crippen LogP contribution in [0.15, 0.2) is 24.5 Å². The predicted molar refractivity (Wildman–Crippen MR) is 149 cm³/mol. The van der Waals surface area contributed by atoms with Gasteiger partial charge in [0.15, 0.2) is 12.1 Å². The number of nitrogens with two attached hydrogens (primary N) is 1. The van der Waals surface area contributed by atoms with Gasteiger partial charge in [-0.1, -0.05) is 13.8 Å². The van der Waals surface area contributed by atoms with Crippen LogP contribution in [-0.2, 0) is 27.5 Å². The van der Waals surface area contributed by atoms with E-state index in [-0.39, 0.29) is 30.5 Å². The fraction of sp³-hybridized carbons (Fsp3) is 0.643. The van der Waals surface area contributed by atoms with Crippen LogP contribution in [0.2, 0.25) is 0 Å². The minimum atomic E-state index is -1.31. The summed E-state index contributed by atoms with van der Waals surface area (Å²) in [6.07, 6.45) is 2.85. The highest BCUT2D eigenvalue weighted by atomic mass is 19.1. The summed E-state index contributed by atoms with van der Waals surface area (Å²) in [5.74, 6) is 1.46. The lowest BCUT2D eigenvalue weighted by Gasteiger charge is -2.61. The molecule has 1 amide bonds. The van der Waals surface area contributed by atoms with Crippen LogP contribution in [0.5, 0.6) is 0 Å². The molecule has 0 aliphatic heterocycles. The van der Waals surface area contributed by atoms with Crippen molar-refractivity contribution in [3.63, 3.8) is 0 Å². The van der Waals surface area contributed by atoms with Crippen LogP contribution in [0.3, 0.4) is 0 Å². The van der Waals surface area contributed by atoms with Crippen molar-refractivity contribution >= 4 is 23.2 Å². The number of halogens is 1. The molecule has 4 fully saturated rings. The van der Waals surface area contributed by atoms with Crippen LogP contribution in [-0.4, -0.2) is 72.8 Å². The molecule has 0 aromatic carbocycles. The van der Waals surface area contributed by atoms with E-state index in [1.54, 1.807) is 34.8 Å². The summed E-state index contributed by atoms with van der Waals surface area (Å²) < 4.78 is 34.7. The minimum absolute atomic E-state index is 0.000497. The highest BCUT2D eigenvalue weighted by Crippen LogP contribution is 2.57. The van der Waals surface area contributed by atoms with Crippen LogP contribution in [0, 0.1) is 11.8 Å². The molecule has 13 nitrogen and oxygen atoms in total. The molecule has 5 N–H and O–H groups in total. The molecule has 1 unspecified atom stereocenters. The van der Waals surface area contributed by atoms with Gasteiger partial charge in [-0.2, -0.15) is 10.2 Å². The van der Waals surface area contributed by atoms with Crippen LogP contribution in [0.1, 0.15) is 63.3 Å². The zero-order valence-electron chi connectivity index (χ0n) is 24.1. The molecule has 3 aromatic rings. The molecule has 4 saturated carbocycles. The molecule has 0 saturated heterocycles. The average Bonchev–Trinajstić information content (AvgIpc) is 3.61. The molecule has 7 rings (SSSR count). The Morgan fingerprint density at radius 2 is 2.05 bits per heavy atom. The first-order chi connectivity index (χ1) is 20.1. The number of anilines is 2. The van der Waals surface area contributed by atoms with E-state index >= 15 is 4.39 Å². The number of carbonyl (C=O) groups is 1. The van der Waals surface area contributed by atoms with Gasteiger partial charge in [-0.05, 0) is 50.0 Å². The number of aromatic nitrogens is 5. The molecule has 2 bridgehead atoms. The summed E-state index contributed by atoms with van der Waals surface area (Å²) >= 11 is 0. The van der Waals surface area contributed by atoms with Crippen molar-refractivity contribution in [2.75, 3.05) is 12.4 Å². The van der Waals surface area contributed by atoms with Crippen molar-refractivity contribution in [2.45, 2.75) is 95.4 Å². The van der Waals surface area contributed by atoms with E-state index in [1.165, 1.54) is 0 Å². The lowest BCUT2D eigenvalue weighted by Crippen LogP contribution is -2.68. The first-order valence-corrected chi connectivity index (χ1v) is 14.5. The summed E-state index contributed by atoms with van der Waals surface area (Å²) in [7, 11) is 1.60. The van der Waals surface area contributed by atoms with E-state index in [4.69, 9.17) is 25.0 Å². The number of rotatable bonds is 12. The average molecular weight is 587 g/mol. The number of fused-ring (bicyclic) bond motifs is 1. The molecule has 0 radical (unpaired) electrons. The number of amides is 1. The van der Waals surface area contributed by atoms with Gasteiger partial charge in [-0.25, -0.2) is 23.4 Å². The van der Waals surface area contributed by atoms with E-state index in [2.05, 4.69) is 20.7 Å². The lowest BCUT2D eigenvalue weighted by atomic mass is 9.50. The number of aliphatic hydroxyl groups excluding tert-OH is 1. The van der Waals surface area contributed by atoms with Gasteiger partial charge in [0, 0.05) is 37.0 Å². The first kappa shape index (κ1) is 28.8. The number of alkyl halides is 1. The third kappa shape index (κ3) is 5.68. The maximum atomic E-state index is 15.1. The third-order valence-electron chi connectivity index (χ3n) is 8.76. The van der Waals surface area contributed by atoms with Crippen molar-refractivity contribution in [1.29, 1.82) is 0 Å². The smallest absolute Gasteiger partial charge is 0.407 e. The minimum Gasteiger partial charge on any atom is -0.443 e. The maximum absolute atomic E-state index is 15.1. The highest BCUT2D eigenvalue weighted by molar-refractivity contribution is 5.72. The third-order valence-corrected chi connectivity index (χ3v) is 8.76. The highest BCUT2D eigenvalue weighted by Gasteiger charge is 2.58. The molecule has 0 spiro atoms. The zero-order valence-corrected chi connectivity index (χ0v) is 24.1. The van der Waals surface area contributed by atoms with Crippen molar-refractivity contribution in [3.05, 3.63) is 35.9 Å². The molecule has 42 heavy (non-hydrogen) atoms. The fourth-order valence-corrected chi connectivity index (χ4v) is 6.16. The molecule has 3 heterocycles. The normalized spacial score (nSPS) is 27.9. The Bertz CT molecular complexity index is 1410. The Kier molecular flexibility index (Phi) is 7.81. The standard InChI is InChI=1S/C28H39FN8O5/c1-15(2)24(30)26(38)41-14-37-23(32-25-21-8-18(13-40-3)34-36(21)5-4-31-25)9-20(35-37)17-6-19(29)22(7-17)42-27(39)33-28-10-16(11-28)12-28/h4-5,8-9,15-17,19,22,24,26,38H,6-7,10-14,30H2,1-3H3,(H,31,32)(H,33,39)/t16?,17-,19+,22-,24+,26?,28?/m1/s1. The molecule has 14 heteroatoms. The molecule has 3 aromatic heterocycles. The summed E-state index contributed by atoms with van der Waals surface area (Å²) in [5, 5.41) is 25.9. The Labute approximate surface area is 242 Å². The van der Waals surface area contributed by atoms with Crippen molar-refractivity contribution in [2.24, 2.45) is 17.6 Å². The number of ether oxygens (including phenoxy) is 3. The van der Waals surface area contributed by atoms with E-state index in [0.29, 0.717) is 36.3 Å². The Balaban J connectivity index is 1.20. The monoisotopic (exact) mass is 586 g/mol. The van der Waals surface area contributed by atoms with E-state index in [1.807, 2.05) is 19.9 Å². The number of hydrogen-bond donors (Lipinski definition) is 4. The summed E-state index contributed by atoms with van der Waals surface area (Å²) in [5.41, 5.74) is 7.99. The Hall–Kier alpha value is -3.33. The van der Waals surface area contributed by atoms with Crippen molar-refractivity contribution < 1.29 is 28.5 Å². The fourth-order valence-electron chi connectivity index (χ4n) is 6.16. The number of carbonyl (C=O) groups excluding carboxylic acids is 1. The van der Waals surface area contributed by atoms with E-state index < -0.39 is 30.7 Å². The first-order valence-electron chi connectivity index (χ1n) is 14.5. The van der Waals surface area contributed by atoms with E-state index in [9.17, 15) is 9.90 Å². The SMILES string of the molecule is COCc1cc2c(Nc3cc([C@@H]4C[C@H](F)[C@H](OC(=O)NC56CC(C5)C6)C4)nn3COC(O)[C@@H](N)C(C)C)nccn2n1.